The predicted molar refractivity (Wildman–Crippen MR) is 71.6 cm³/mol. The Bertz CT molecular complexity index is 358. The van der Waals surface area contributed by atoms with Crippen LogP contribution in [0.3, 0.4) is 0 Å². The van der Waals surface area contributed by atoms with Crippen LogP contribution in [0.4, 0.5) is 0 Å². The third kappa shape index (κ3) is 3.22. The van der Waals surface area contributed by atoms with Crippen LogP contribution in [-0.2, 0) is 0 Å². The van der Waals surface area contributed by atoms with Gasteiger partial charge in [0.2, 0.25) is 0 Å². The topological polar surface area (TPSA) is 21.3 Å². The molecule has 17 heavy (non-hydrogen) atoms. The molecule has 0 amide bonds. The summed E-state index contributed by atoms with van der Waals surface area (Å²) in [7, 11) is 2.03. The number of para-hydroxylation sites is 1. The smallest absolute Gasteiger partial charge is 0.122 e. The van der Waals surface area contributed by atoms with Crippen molar-refractivity contribution in [2.24, 2.45) is 5.92 Å². The largest absolute Gasteiger partial charge is 0.492 e. The molecule has 1 fully saturated rings. The summed E-state index contributed by atoms with van der Waals surface area (Å²) in [5.41, 5.74) is 1.30. The Labute approximate surface area is 104 Å². The molecule has 0 bridgehead atoms. The van der Waals surface area contributed by atoms with Gasteiger partial charge in [-0.15, -0.1) is 0 Å². The van der Waals surface area contributed by atoms with Crippen molar-refractivity contribution in [3.8, 4) is 5.75 Å². The highest BCUT2D eigenvalue weighted by molar-refractivity contribution is 5.35. The van der Waals surface area contributed by atoms with E-state index in [1.165, 1.54) is 18.4 Å². The maximum Gasteiger partial charge on any atom is 0.122 e. The van der Waals surface area contributed by atoms with Crippen LogP contribution in [0.5, 0.6) is 5.75 Å². The van der Waals surface area contributed by atoms with Gasteiger partial charge in [0, 0.05) is 6.04 Å². The average Bonchev–Trinajstić information content (AvgIpc) is 3.14. The van der Waals surface area contributed by atoms with Crippen molar-refractivity contribution in [1.29, 1.82) is 0 Å². The summed E-state index contributed by atoms with van der Waals surface area (Å²) < 4.78 is 5.99. The number of hydrogen-bond acceptors (Lipinski definition) is 2. The van der Waals surface area contributed by atoms with Gasteiger partial charge in [0.1, 0.15) is 12.4 Å². The molecule has 0 radical (unpaired) electrons. The third-order valence-electron chi connectivity index (χ3n) is 3.52. The Kier molecular flexibility index (Phi) is 4.06. The summed E-state index contributed by atoms with van der Waals surface area (Å²) in [4.78, 5) is 0. The fraction of sp³-hybridized carbons (Fsp3) is 0.600. The van der Waals surface area contributed by atoms with E-state index in [9.17, 15) is 0 Å². The molecule has 0 heterocycles. The lowest BCUT2D eigenvalue weighted by Crippen LogP contribution is -2.33. The molecule has 2 nitrogen and oxygen atoms in total. The van der Waals surface area contributed by atoms with Gasteiger partial charge in [-0.2, -0.15) is 0 Å². The molecule has 0 aliphatic heterocycles. The Morgan fingerprint density at radius 3 is 2.59 bits per heavy atom. The average molecular weight is 233 g/mol. The summed E-state index contributed by atoms with van der Waals surface area (Å²) in [5.74, 6) is 2.38. The van der Waals surface area contributed by atoms with Crippen molar-refractivity contribution < 1.29 is 4.74 Å². The van der Waals surface area contributed by atoms with Crippen LogP contribution in [0.2, 0.25) is 0 Å². The Balaban J connectivity index is 1.97. The highest BCUT2D eigenvalue weighted by Gasteiger charge is 2.30. The first-order valence-electron chi connectivity index (χ1n) is 6.61. The molecule has 1 aromatic rings. The normalized spacial score (nSPS) is 17.2. The number of ether oxygens (including phenoxy) is 1. The maximum atomic E-state index is 5.99. The molecule has 2 heteroatoms. The molecule has 1 aliphatic carbocycles. The predicted octanol–water partition coefficient (Wildman–Crippen LogP) is 3.19. The van der Waals surface area contributed by atoms with Crippen LogP contribution in [0, 0.1) is 5.92 Å². The Morgan fingerprint density at radius 1 is 1.29 bits per heavy atom. The SMILES string of the molecule is CNC(COc1ccccc1C(C)C)C1CC1. The number of rotatable bonds is 6. The minimum Gasteiger partial charge on any atom is -0.492 e. The van der Waals surface area contributed by atoms with Crippen LogP contribution >= 0.6 is 0 Å². The van der Waals surface area contributed by atoms with Gasteiger partial charge in [0.25, 0.3) is 0 Å². The van der Waals surface area contributed by atoms with E-state index in [0.29, 0.717) is 12.0 Å². The van der Waals surface area contributed by atoms with Gasteiger partial charge in [0.05, 0.1) is 0 Å². The van der Waals surface area contributed by atoms with Crippen LogP contribution in [-0.4, -0.2) is 19.7 Å². The first-order chi connectivity index (χ1) is 8.22. The second-order valence-corrected chi connectivity index (χ2v) is 5.24. The molecule has 0 spiro atoms. The number of nitrogens with one attached hydrogen (secondary N) is 1. The van der Waals surface area contributed by atoms with E-state index in [-0.39, 0.29) is 0 Å². The minimum atomic E-state index is 0.509. The van der Waals surface area contributed by atoms with Crippen molar-refractivity contribution in [3.05, 3.63) is 29.8 Å². The summed E-state index contributed by atoms with van der Waals surface area (Å²) in [6, 6.07) is 8.88. The zero-order chi connectivity index (χ0) is 12.3. The van der Waals surface area contributed by atoms with E-state index < -0.39 is 0 Å². The van der Waals surface area contributed by atoms with Gasteiger partial charge in [-0.25, -0.2) is 0 Å². The van der Waals surface area contributed by atoms with Gasteiger partial charge in [-0.1, -0.05) is 32.0 Å². The Morgan fingerprint density at radius 2 is 2.00 bits per heavy atom. The van der Waals surface area contributed by atoms with Crippen molar-refractivity contribution in [3.63, 3.8) is 0 Å². The van der Waals surface area contributed by atoms with Crippen LogP contribution in [0.1, 0.15) is 38.2 Å². The van der Waals surface area contributed by atoms with E-state index in [2.05, 4.69) is 37.4 Å². The highest BCUT2D eigenvalue weighted by Crippen LogP contribution is 2.33. The standard InChI is InChI=1S/C15H23NO/c1-11(2)13-6-4-5-7-15(13)17-10-14(16-3)12-8-9-12/h4-7,11-12,14,16H,8-10H2,1-3H3. The lowest BCUT2D eigenvalue weighted by atomic mass is 10.0. The lowest BCUT2D eigenvalue weighted by Gasteiger charge is -2.19. The number of benzene rings is 1. The van der Waals surface area contributed by atoms with E-state index in [0.717, 1.165) is 18.3 Å². The molecule has 1 aromatic carbocycles. The molecule has 1 saturated carbocycles. The summed E-state index contributed by atoms with van der Waals surface area (Å²) in [6.07, 6.45) is 2.70. The summed E-state index contributed by atoms with van der Waals surface area (Å²) in [6.45, 7) is 5.20. The molecule has 94 valence electrons. The van der Waals surface area contributed by atoms with Crippen molar-refractivity contribution in [1.82, 2.24) is 5.32 Å². The molecule has 2 rings (SSSR count). The fourth-order valence-corrected chi connectivity index (χ4v) is 2.22. The van der Waals surface area contributed by atoms with Crippen LogP contribution < -0.4 is 10.1 Å². The highest BCUT2D eigenvalue weighted by atomic mass is 16.5. The van der Waals surface area contributed by atoms with Gasteiger partial charge >= 0.3 is 0 Å². The molecule has 1 atom stereocenters. The second-order valence-electron chi connectivity index (χ2n) is 5.24. The van der Waals surface area contributed by atoms with Gasteiger partial charge in [0.15, 0.2) is 0 Å². The van der Waals surface area contributed by atoms with Gasteiger partial charge < -0.3 is 10.1 Å². The third-order valence-corrected chi connectivity index (χ3v) is 3.52. The zero-order valence-corrected chi connectivity index (χ0v) is 11.1. The van der Waals surface area contributed by atoms with E-state index in [4.69, 9.17) is 4.74 Å². The first kappa shape index (κ1) is 12.4. The fourth-order valence-electron chi connectivity index (χ4n) is 2.22. The van der Waals surface area contributed by atoms with Crippen molar-refractivity contribution in [2.45, 2.75) is 38.6 Å². The molecular formula is C15H23NO. The molecule has 1 aliphatic rings. The summed E-state index contributed by atoms with van der Waals surface area (Å²) >= 11 is 0. The Hall–Kier alpha value is -1.02. The van der Waals surface area contributed by atoms with E-state index >= 15 is 0 Å². The quantitative estimate of drug-likeness (QED) is 0.814. The van der Waals surface area contributed by atoms with Crippen molar-refractivity contribution >= 4 is 0 Å². The monoisotopic (exact) mass is 233 g/mol. The van der Waals surface area contributed by atoms with Gasteiger partial charge in [-0.3, -0.25) is 0 Å². The second kappa shape index (κ2) is 5.54. The number of likely N-dealkylation sites (N-methyl/N-ethyl adjacent to an activating group) is 1. The molecule has 1 unspecified atom stereocenters. The number of hydrogen-bond donors (Lipinski definition) is 1. The molecule has 0 saturated heterocycles. The maximum absolute atomic E-state index is 5.99. The summed E-state index contributed by atoms with van der Waals surface area (Å²) in [5, 5.41) is 3.36. The van der Waals surface area contributed by atoms with Gasteiger partial charge in [-0.05, 0) is 43.4 Å². The lowest BCUT2D eigenvalue weighted by molar-refractivity contribution is 0.253. The molecular weight excluding hydrogens is 210 g/mol. The van der Waals surface area contributed by atoms with E-state index in [1.807, 2.05) is 13.1 Å². The minimum absolute atomic E-state index is 0.509. The molecule has 1 N–H and O–H groups in total. The van der Waals surface area contributed by atoms with Crippen LogP contribution in [0.15, 0.2) is 24.3 Å². The molecule has 0 aromatic heterocycles. The van der Waals surface area contributed by atoms with Crippen molar-refractivity contribution in [2.75, 3.05) is 13.7 Å². The zero-order valence-electron chi connectivity index (χ0n) is 11.1. The van der Waals surface area contributed by atoms with E-state index in [1.54, 1.807) is 0 Å². The first-order valence-corrected chi connectivity index (χ1v) is 6.61. The van der Waals surface area contributed by atoms with Crippen LogP contribution in [0.25, 0.3) is 0 Å².